The molecule has 0 aliphatic heterocycles. The van der Waals surface area contributed by atoms with Gasteiger partial charge in [0.15, 0.2) is 0 Å². The Morgan fingerprint density at radius 1 is 0.950 bits per heavy atom. The van der Waals surface area contributed by atoms with Gasteiger partial charge in [-0.05, 0) is 144 Å². The second-order valence-electron chi connectivity index (χ2n) is 15.6. The molecule has 0 aromatic heterocycles. The summed E-state index contributed by atoms with van der Waals surface area (Å²) < 4.78 is 6.88. The van der Waals surface area contributed by atoms with Gasteiger partial charge < -0.3 is 10.5 Å². The fourth-order valence-electron chi connectivity index (χ4n) is 10.4. The van der Waals surface area contributed by atoms with Crippen LogP contribution in [-0.4, -0.2) is 12.1 Å². The fourth-order valence-corrected chi connectivity index (χ4v) is 10.4. The molecule has 0 amide bonds. The lowest BCUT2D eigenvalue weighted by molar-refractivity contribution is -0.0572. The van der Waals surface area contributed by atoms with Gasteiger partial charge in [-0.25, -0.2) is 0 Å². The third-order valence-electron chi connectivity index (χ3n) is 12.4. The molecule has 0 spiro atoms. The van der Waals surface area contributed by atoms with E-state index < -0.39 is 0 Å². The quantitative estimate of drug-likeness (QED) is 0.260. The number of hydrogen-bond donors (Lipinski definition) is 1. The van der Waals surface area contributed by atoms with Crippen LogP contribution in [-0.2, 0) is 4.74 Å². The maximum atomic E-state index is 6.88. The second-order valence-corrected chi connectivity index (χ2v) is 15.6. The highest BCUT2D eigenvalue weighted by molar-refractivity contribution is 5.64. The summed E-state index contributed by atoms with van der Waals surface area (Å²) in [5.41, 5.74) is 13.9. The number of nitrogens with two attached hydrogens (primary N) is 1. The summed E-state index contributed by atoms with van der Waals surface area (Å²) in [5.74, 6) is 5.51. The second kappa shape index (κ2) is 11.6. The fraction of sp³-hybridized carbons (Fsp3) is 0.737. The van der Waals surface area contributed by atoms with E-state index >= 15 is 0 Å². The number of hydrogen-bond acceptors (Lipinski definition) is 2. The van der Waals surface area contributed by atoms with E-state index in [4.69, 9.17) is 10.5 Å². The first-order valence-electron chi connectivity index (χ1n) is 16.8. The molecule has 4 aliphatic carbocycles. The van der Waals surface area contributed by atoms with Crippen molar-refractivity contribution < 1.29 is 4.74 Å². The van der Waals surface area contributed by atoms with Crippen molar-refractivity contribution in [2.75, 3.05) is 0 Å². The van der Waals surface area contributed by atoms with Gasteiger partial charge in [-0.1, -0.05) is 62.5 Å². The van der Waals surface area contributed by atoms with E-state index in [1.165, 1.54) is 86.5 Å². The zero-order chi connectivity index (χ0) is 28.8. The standard InChI is InChI=1S/C38H59NO/c1-24(2)36(29-21-25(3)20-26(4)22-29)40-31-16-18-37(7)30(23-31)12-13-32-34-15-14-33(27(5)10-9-11-28(6)39)38(34,8)19-17-35(32)37/h12,20-22,27-28,31-35H,9-11,13-19,23,39H2,1-8H3. The lowest BCUT2D eigenvalue weighted by Crippen LogP contribution is -2.51. The van der Waals surface area contributed by atoms with Gasteiger partial charge >= 0.3 is 0 Å². The Balaban J connectivity index is 1.29. The van der Waals surface area contributed by atoms with E-state index in [9.17, 15) is 0 Å². The number of allylic oxidation sites excluding steroid dienone is 2. The molecule has 222 valence electrons. The normalized spacial score (nSPS) is 36.5. The average Bonchev–Trinajstić information content (AvgIpc) is 3.23. The van der Waals surface area contributed by atoms with Crippen LogP contribution in [0.3, 0.4) is 0 Å². The Morgan fingerprint density at radius 2 is 1.68 bits per heavy atom. The van der Waals surface area contributed by atoms with E-state index in [1.54, 1.807) is 5.57 Å². The molecule has 1 aromatic rings. The minimum absolute atomic E-state index is 0.295. The van der Waals surface area contributed by atoms with Gasteiger partial charge in [-0.15, -0.1) is 0 Å². The van der Waals surface area contributed by atoms with Crippen molar-refractivity contribution in [2.24, 2.45) is 46.2 Å². The molecule has 5 rings (SSSR count). The Labute approximate surface area is 246 Å². The first-order chi connectivity index (χ1) is 18.9. The Morgan fingerprint density at radius 3 is 2.35 bits per heavy atom. The van der Waals surface area contributed by atoms with Crippen LogP contribution in [0.2, 0.25) is 0 Å². The van der Waals surface area contributed by atoms with Gasteiger partial charge in [0.2, 0.25) is 0 Å². The Hall–Kier alpha value is -1.54. The summed E-state index contributed by atoms with van der Waals surface area (Å²) in [5, 5.41) is 0. The molecule has 4 aliphatic rings. The van der Waals surface area contributed by atoms with E-state index in [-0.39, 0.29) is 0 Å². The third-order valence-corrected chi connectivity index (χ3v) is 12.4. The summed E-state index contributed by atoms with van der Waals surface area (Å²) in [6.45, 7) is 18.9. The molecule has 1 aromatic carbocycles. The molecule has 2 N–H and O–H groups in total. The van der Waals surface area contributed by atoms with E-state index in [0.717, 1.165) is 41.8 Å². The van der Waals surface area contributed by atoms with Crippen LogP contribution in [0.1, 0.15) is 129 Å². The third kappa shape index (κ3) is 5.60. The molecule has 9 unspecified atom stereocenters. The van der Waals surface area contributed by atoms with Crippen LogP contribution < -0.4 is 5.73 Å². The van der Waals surface area contributed by atoms with Crippen molar-refractivity contribution in [3.05, 3.63) is 52.1 Å². The molecule has 0 radical (unpaired) electrons. The van der Waals surface area contributed by atoms with Gasteiger partial charge in [-0.3, -0.25) is 0 Å². The van der Waals surface area contributed by atoms with Crippen molar-refractivity contribution in [1.82, 2.24) is 0 Å². The molecule has 3 saturated carbocycles. The van der Waals surface area contributed by atoms with Crippen molar-refractivity contribution in [3.8, 4) is 0 Å². The van der Waals surface area contributed by atoms with Crippen LogP contribution >= 0.6 is 0 Å². The van der Waals surface area contributed by atoms with Crippen LogP contribution in [0, 0.1) is 54.3 Å². The SMILES string of the molecule is CC(C)=C(OC1CCC2(C)C(=CCC3C2CCC2(C)C(C(C)CCCC(C)N)CCC32)C1)c1cc(C)cc(C)c1. The molecule has 0 bridgehead atoms. The summed E-state index contributed by atoms with van der Waals surface area (Å²) in [6, 6.07) is 7.19. The average molecular weight is 546 g/mol. The molecular weight excluding hydrogens is 486 g/mol. The van der Waals surface area contributed by atoms with Gasteiger partial charge in [-0.2, -0.15) is 0 Å². The number of ether oxygens (including phenoxy) is 1. The van der Waals surface area contributed by atoms with Gasteiger partial charge in [0.1, 0.15) is 11.9 Å². The first kappa shape index (κ1) is 29.9. The minimum atomic E-state index is 0.295. The van der Waals surface area contributed by atoms with Crippen LogP contribution in [0.15, 0.2) is 35.4 Å². The summed E-state index contributed by atoms with van der Waals surface area (Å²) in [4.78, 5) is 0. The zero-order valence-corrected chi connectivity index (χ0v) is 27.1. The molecule has 0 heterocycles. The van der Waals surface area contributed by atoms with E-state index in [2.05, 4.69) is 79.7 Å². The largest absolute Gasteiger partial charge is 0.490 e. The Bertz CT molecular complexity index is 1100. The molecule has 2 heteroatoms. The lowest BCUT2D eigenvalue weighted by Gasteiger charge is -2.58. The lowest BCUT2D eigenvalue weighted by atomic mass is 9.47. The highest BCUT2D eigenvalue weighted by atomic mass is 16.5. The first-order valence-corrected chi connectivity index (χ1v) is 16.8. The summed E-state index contributed by atoms with van der Waals surface area (Å²) in [7, 11) is 0. The van der Waals surface area contributed by atoms with Gasteiger partial charge in [0.25, 0.3) is 0 Å². The number of aryl methyl sites for hydroxylation is 2. The number of fused-ring (bicyclic) bond motifs is 5. The van der Waals surface area contributed by atoms with Gasteiger partial charge in [0, 0.05) is 18.0 Å². The molecule has 0 saturated heterocycles. The monoisotopic (exact) mass is 545 g/mol. The minimum Gasteiger partial charge on any atom is -0.490 e. The predicted molar refractivity (Wildman–Crippen MR) is 171 cm³/mol. The highest BCUT2D eigenvalue weighted by Crippen LogP contribution is 2.67. The molecular formula is C38H59NO. The number of benzene rings is 1. The summed E-state index contributed by atoms with van der Waals surface area (Å²) in [6.07, 6.45) is 17.5. The van der Waals surface area contributed by atoms with Crippen molar-refractivity contribution in [2.45, 2.75) is 138 Å². The zero-order valence-electron chi connectivity index (χ0n) is 27.1. The van der Waals surface area contributed by atoms with Crippen LogP contribution in [0.25, 0.3) is 5.76 Å². The van der Waals surface area contributed by atoms with Crippen LogP contribution in [0.5, 0.6) is 0 Å². The van der Waals surface area contributed by atoms with Crippen LogP contribution in [0.4, 0.5) is 0 Å². The van der Waals surface area contributed by atoms with Gasteiger partial charge in [0.05, 0.1) is 0 Å². The smallest absolute Gasteiger partial charge is 0.125 e. The number of rotatable bonds is 8. The van der Waals surface area contributed by atoms with Crippen molar-refractivity contribution in [1.29, 1.82) is 0 Å². The molecule has 2 nitrogen and oxygen atoms in total. The van der Waals surface area contributed by atoms with E-state index in [0.29, 0.717) is 23.0 Å². The Kier molecular flexibility index (Phi) is 8.70. The summed E-state index contributed by atoms with van der Waals surface area (Å²) >= 11 is 0. The molecule has 40 heavy (non-hydrogen) atoms. The van der Waals surface area contributed by atoms with Crippen molar-refractivity contribution >= 4 is 5.76 Å². The highest BCUT2D eigenvalue weighted by Gasteiger charge is 2.59. The van der Waals surface area contributed by atoms with Crippen molar-refractivity contribution in [3.63, 3.8) is 0 Å². The molecule has 3 fully saturated rings. The predicted octanol–water partition coefficient (Wildman–Crippen LogP) is 10.2. The van der Waals surface area contributed by atoms with E-state index in [1.807, 2.05) is 0 Å². The maximum Gasteiger partial charge on any atom is 0.125 e. The molecule has 9 atom stereocenters. The topological polar surface area (TPSA) is 35.2 Å². The maximum absolute atomic E-state index is 6.88.